The van der Waals surface area contributed by atoms with Gasteiger partial charge in [-0.1, -0.05) is 12.1 Å². The van der Waals surface area contributed by atoms with Crippen LogP contribution in [0.4, 0.5) is 0 Å². The van der Waals surface area contributed by atoms with Gasteiger partial charge in [-0.2, -0.15) is 0 Å². The van der Waals surface area contributed by atoms with Crippen LogP contribution in [0.5, 0.6) is 23.0 Å². The van der Waals surface area contributed by atoms with Gasteiger partial charge in [0.05, 0.1) is 17.2 Å². The van der Waals surface area contributed by atoms with Crippen LogP contribution in [0, 0.1) is 0 Å². The van der Waals surface area contributed by atoms with Crippen molar-refractivity contribution in [2.75, 3.05) is 0 Å². The molecule has 2 amide bonds. The lowest BCUT2D eigenvalue weighted by Gasteiger charge is -2.26. The topological polar surface area (TPSA) is 223 Å². The van der Waals surface area contributed by atoms with E-state index in [9.17, 15) is 49.8 Å². The van der Waals surface area contributed by atoms with E-state index in [2.05, 4.69) is 10.6 Å². The molecule has 0 spiro atoms. The minimum atomic E-state index is -1.83. The number of ether oxygens (including phenoxy) is 1. The Morgan fingerprint density at radius 1 is 0.771 bits per heavy atom. The van der Waals surface area contributed by atoms with Gasteiger partial charge in [0.25, 0.3) is 11.8 Å². The van der Waals surface area contributed by atoms with Crippen LogP contribution in [0.2, 0.25) is 0 Å². The van der Waals surface area contributed by atoms with Gasteiger partial charge in [0.2, 0.25) is 0 Å². The zero-order valence-corrected chi connectivity index (χ0v) is 18.5. The molecule has 2 aromatic carbocycles. The number of aliphatic hydroxyl groups excluding tert-OH is 1. The van der Waals surface area contributed by atoms with Gasteiger partial charge >= 0.3 is 11.9 Å². The number of benzene rings is 2. The van der Waals surface area contributed by atoms with Gasteiger partial charge in [0.1, 0.15) is 6.10 Å². The van der Waals surface area contributed by atoms with E-state index in [1.165, 1.54) is 12.1 Å². The number of esters is 1. The molecule has 0 aliphatic heterocycles. The van der Waals surface area contributed by atoms with Crippen molar-refractivity contribution in [3.8, 4) is 23.0 Å². The molecule has 35 heavy (non-hydrogen) atoms. The minimum Gasteiger partial charge on any atom is -0.504 e. The van der Waals surface area contributed by atoms with E-state index in [0.717, 1.165) is 38.1 Å². The van der Waals surface area contributed by atoms with E-state index in [1.807, 2.05) is 0 Å². The second kappa shape index (κ2) is 11.1. The highest BCUT2D eigenvalue weighted by Crippen LogP contribution is 2.29. The number of amides is 2. The Hall–Kier alpha value is -4.52. The number of aliphatic carboxylic acids is 1. The first-order valence-electron chi connectivity index (χ1n) is 10.1. The van der Waals surface area contributed by atoms with Gasteiger partial charge in [-0.25, -0.2) is 9.59 Å². The molecule has 4 unspecified atom stereocenters. The van der Waals surface area contributed by atoms with Gasteiger partial charge in [-0.05, 0) is 38.1 Å². The molecule has 188 valence electrons. The Balaban J connectivity index is 2.16. The molecule has 0 heterocycles. The molecular formula is C22H24N2O11. The average molecular weight is 492 g/mol. The molecule has 2 aromatic rings. The fraction of sp³-hybridized carbons (Fsp3) is 0.273. The zero-order chi connectivity index (χ0) is 26.4. The molecule has 8 N–H and O–H groups in total. The number of aromatic hydroxyl groups is 4. The maximum Gasteiger partial charge on any atom is 0.331 e. The number of rotatable bonds is 9. The maximum atomic E-state index is 12.6. The third-order valence-corrected chi connectivity index (χ3v) is 4.87. The van der Waals surface area contributed by atoms with Crippen LogP contribution in [0.3, 0.4) is 0 Å². The summed E-state index contributed by atoms with van der Waals surface area (Å²) in [6, 6.07) is 3.44. The normalized spacial score (nSPS) is 14.1. The lowest BCUT2D eigenvalue weighted by Crippen LogP contribution is -2.53. The van der Waals surface area contributed by atoms with Crippen LogP contribution in [-0.2, 0) is 14.3 Å². The zero-order valence-electron chi connectivity index (χ0n) is 18.5. The highest BCUT2D eigenvalue weighted by molar-refractivity contribution is 6.00. The van der Waals surface area contributed by atoms with Gasteiger partial charge in [0, 0.05) is 0 Å². The fourth-order valence-corrected chi connectivity index (χ4v) is 2.95. The van der Waals surface area contributed by atoms with Crippen LogP contribution >= 0.6 is 0 Å². The Bertz CT molecular complexity index is 1130. The van der Waals surface area contributed by atoms with E-state index < -0.39 is 82.2 Å². The SMILES string of the molecule is CC(O)C(NC(=O)c1cccc(O)c1O)C(=O)OC(C)C(NC(=O)c1cccc(O)c1O)C(=O)O. The summed E-state index contributed by atoms with van der Waals surface area (Å²) in [6.07, 6.45) is -3.06. The number of phenolic OH excluding ortho intramolecular Hbond substituents is 4. The van der Waals surface area contributed by atoms with Crippen molar-refractivity contribution in [2.45, 2.75) is 38.1 Å². The third kappa shape index (κ3) is 6.29. The largest absolute Gasteiger partial charge is 0.504 e. The van der Waals surface area contributed by atoms with E-state index >= 15 is 0 Å². The maximum absolute atomic E-state index is 12.6. The summed E-state index contributed by atoms with van der Waals surface area (Å²) in [5.41, 5.74) is -0.840. The summed E-state index contributed by atoms with van der Waals surface area (Å²) in [5, 5.41) is 62.3. The van der Waals surface area contributed by atoms with E-state index in [4.69, 9.17) is 4.74 Å². The predicted octanol–water partition coefficient (Wildman–Crippen LogP) is -0.197. The van der Waals surface area contributed by atoms with Crippen LogP contribution in [0.25, 0.3) is 0 Å². The molecule has 0 bridgehead atoms. The summed E-state index contributed by atoms with van der Waals surface area (Å²) in [5.74, 6) is -7.77. The van der Waals surface area contributed by atoms with Crippen molar-refractivity contribution >= 4 is 23.8 Å². The van der Waals surface area contributed by atoms with Crippen molar-refractivity contribution in [1.82, 2.24) is 10.6 Å². The van der Waals surface area contributed by atoms with Crippen molar-refractivity contribution < 1.29 is 54.6 Å². The molecule has 4 atom stereocenters. The molecule has 13 heteroatoms. The van der Waals surface area contributed by atoms with Crippen molar-refractivity contribution in [2.24, 2.45) is 0 Å². The molecule has 0 saturated carbocycles. The molecule has 0 radical (unpaired) electrons. The summed E-state index contributed by atoms with van der Waals surface area (Å²) in [7, 11) is 0. The number of hydrogen-bond acceptors (Lipinski definition) is 10. The molecular weight excluding hydrogens is 468 g/mol. The van der Waals surface area contributed by atoms with Crippen LogP contribution < -0.4 is 10.6 Å². The smallest absolute Gasteiger partial charge is 0.331 e. The third-order valence-electron chi connectivity index (χ3n) is 4.87. The summed E-state index contributed by atoms with van der Waals surface area (Å²) >= 11 is 0. The van der Waals surface area contributed by atoms with Crippen molar-refractivity contribution in [1.29, 1.82) is 0 Å². The minimum absolute atomic E-state index is 0.405. The van der Waals surface area contributed by atoms with Gasteiger partial charge in [-0.15, -0.1) is 0 Å². The second-order valence-corrected chi connectivity index (χ2v) is 7.47. The van der Waals surface area contributed by atoms with Gasteiger partial charge in [-0.3, -0.25) is 9.59 Å². The molecule has 13 nitrogen and oxygen atoms in total. The number of phenols is 4. The number of carboxylic acids is 1. The van der Waals surface area contributed by atoms with E-state index in [0.29, 0.717) is 0 Å². The molecule has 0 aromatic heterocycles. The van der Waals surface area contributed by atoms with Crippen LogP contribution in [0.15, 0.2) is 36.4 Å². The average Bonchev–Trinajstić information content (AvgIpc) is 2.78. The number of hydrogen-bond donors (Lipinski definition) is 8. The number of nitrogens with one attached hydrogen (secondary N) is 2. The van der Waals surface area contributed by atoms with E-state index in [1.54, 1.807) is 0 Å². The van der Waals surface area contributed by atoms with Crippen LogP contribution in [-0.4, -0.2) is 78.7 Å². The standard InChI is InChI=1S/C22H24N2O11/c1-9(25)15(23-19(30)11-5-3-7-13(26)17(11)28)22(34)35-10(2)16(21(32)33)24-20(31)12-6-4-8-14(27)18(12)29/h3-10,15-16,25-29H,1-2H3,(H,23,30)(H,24,31)(H,32,33). The summed E-state index contributed by atoms with van der Waals surface area (Å²) in [6.45, 7) is 2.27. The first-order valence-corrected chi connectivity index (χ1v) is 10.1. The van der Waals surface area contributed by atoms with Crippen LogP contribution in [0.1, 0.15) is 34.6 Å². The Morgan fingerprint density at radius 3 is 1.60 bits per heavy atom. The predicted molar refractivity (Wildman–Crippen MR) is 117 cm³/mol. The monoisotopic (exact) mass is 492 g/mol. The van der Waals surface area contributed by atoms with Gasteiger partial charge < -0.3 is 46.0 Å². The number of carbonyl (C=O) groups excluding carboxylic acids is 3. The molecule has 0 aliphatic rings. The lowest BCUT2D eigenvalue weighted by molar-refractivity contribution is -0.158. The Labute approximate surface area is 198 Å². The summed E-state index contributed by atoms with van der Waals surface area (Å²) < 4.78 is 5.05. The highest BCUT2D eigenvalue weighted by Gasteiger charge is 2.35. The quantitative estimate of drug-likeness (QED) is 0.169. The van der Waals surface area contributed by atoms with Gasteiger partial charge in [0.15, 0.2) is 35.1 Å². The first-order chi connectivity index (χ1) is 16.3. The highest BCUT2D eigenvalue weighted by atomic mass is 16.5. The number of carboxylic acid groups (broad SMARTS) is 1. The Kier molecular flexibility index (Phi) is 8.45. The first kappa shape index (κ1) is 26.7. The second-order valence-electron chi connectivity index (χ2n) is 7.47. The number of aliphatic hydroxyl groups is 1. The number of para-hydroxylation sites is 2. The molecule has 2 rings (SSSR count). The molecule has 0 saturated heterocycles. The molecule has 0 aliphatic carbocycles. The number of carbonyl (C=O) groups is 4. The summed E-state index contributed by atoms with van der Waals surface area (Å²) in [4.78, 5) is 49.1. The van der Waals surface area contributed by atoms with E-state index in [-0.39, 0.29) is 0 Å². The van der Waals surface area contributed by atoms with Crippen molar-refractivity contribution in [3.63, 3.8) is 0 Å². The Morgan fingerprint density at radius 2 is 1.20 bits per heavy atom. The lowest BCUT2D eigenvalue weighted by atomic mass is 10.1. The van der Waals surface area contributed by atoms with Crippen molar-refractivity contribution in [3.05, 3.63) is 47.5 Å². The molecule has 0 fully saturated rings. The fourth-order valence-electron chi connectivity index (χ4n) is 2.95.